The van der Waals surface area contributed by atoms with Crippen LogP contribution in [0.5, 0.6) is 0 Å². The molecule has 8 nitrogen and oxygen atoms in total. The van der Waals surface area contributed by atoms with E-state index in [0.717, 1.165) is 6.21 Å². The van der Waals surface area contributed by atoms with Gasteiger partial charge >= 0.3 is 6.03 Å². The Hall–Kier alpha value is -2.94. The molecule has 0 aliphatic heterocycles. The van der Waals surface area contributed by atoms with E-state index in [2.05, 4.69) is 20.7 Å². The first-order valence-corrected chi connectivity index (χ1v) is 8.20. The lowest BCUT2D eigenvalue weighted by Gasteiger charge is -2.11. The molecule has 124 valence electrons. The maximum Gasteiger partial charge on any atom is 0.320 e. The van der Waals surface area contributed by atoms with Crippen LogP contribution in [0.15, 0.2) is 27.8 Å². The molecule has 3 aromatic rings. The van der Waals surface area contributed by atoms with E-state index in [-0.39, 0.29) is 17.4 Å². The van der Waals surface area contributed by atoms with E-state index < -0.39 is 6.03 Å². The Morgan fingerprint density at radius 2 is 2.29 bits per heavy atom. The second-order valence-electron chi connectivity index (χ2n) is 5.44. The van der Waals surface area contributed by atoms with Gasteiger partial charge in [0.2, 0.25) is 0 Å². The fourth-order valence-electron chi connectivity index (χ4n) is 2.30. The summed E-state index contributed by atoms with van der Waals surface area (Å²) < 4.78 is 1.40. The summed E-state index contributed by atoms with van der Waals surface area (Å²) in [6.45, 7) is 3.68. The Morgan fingerprint density at radius 3 is 2.92 bits per heavy atom. The van der Waals surface area contributed by atoms with Gasteiger partial charge in [-0.1, -0.05) is 0 Å². The third-order valence-electron chi connectivity index (χ3n) is 3.33. The second kappa shape index (κ2) is 6.28. The number of carbonyl (C=O) groups excluding carboxylic acids is 1. The molecule has 0 saturated heterocycles. The Bertz CT molecular complexity index is 954. The number of hydrogen-bond donors (Lipinski definition) is 4. The van der Waals surface area contributed by atoms with Gasteiger partial charge in [0.15, 0.2) is 0 Å². The van der Waals surface area contributed by atoms with Crippen molar-refractivity contribution in [2.24, 2.45) is 0 Å². The summed E-state index contributed by atoms with van der Waals surface area (Å²) in [6, 6.07) is 1.37. The van der Waals surface area contributed by atoms with E-state index in [0.29, 0.717) is 22.2 Å². The van der Waals surface area contributed by atoms with E-state index >= 15 is 0 Å². The van der Waals surface area contributed by atoms with Crippen molar-refractivity contribution in [1.29, 1.82) is 5.41 Å². The maximum absolute atomic E-state index is 12.5. The predicted molar refractivity (Wildman–Crippen MR) is 94.7 cm³/mol. The number of amides is 2. The summed E-state index contributed by atoms with van der Waals surface area (Å²) in [5, 5.41) is 20.0. The minimum Gasteiger partial charge on any atom is -0.336 e. The van der Waals surface area contributed by atoms with Crippen molar-refractivity contribution >= 4 is 40.3 Å². The van der Waals surface area contributed by atoms with E-state index in [1.165, 1.54) is 22.2 Å². The largest absolute Gasteiger partial charge is 0.336 e. The number of fused-ring (bicyclic) bond motifs is 1. The standard InChI is InChI=1S/C15H16N6O2S/c1-8(2)18-15(23)19-13-10(5-16)12-11(6-17-13)14(22)21(20-12)9-3-4-24-7-9/h3-8,16,20H,1-2H3,(H2,17,18,19,23). The highest BCUT2D eigenvalue weighted by Gasteiger charge is 2.16. The molecule has 3 rings (SSSR count). The van der Waals surface area contributed by atoms with Crippen LogP contribution >= 0.6 is 11.3 Å². The van der Waals surface area contributed by atoms with Gasteiger partial charge in [0.25, 0.3) is 5.56 Å². The predicted octanol–water partition coefficient (Wildman–Crippen LogP) is 2.30. The normalized spacial score (nSPS) is 11.0. The number of rotatable bonds is 4. The van der Waals surface area contributed by atoms with Crippen LogP contribution < -0.4 is 16.2 Å². The molecule has 2 amide bonds. The molecular formula is C15H16N6O2S. The molecule has 0 radical (unpaired) electrons. The fourth-order valence-corrected chi connectivity index (χ4v) is 2.92. The quantitative estimate of drug-likeness (QED) is 0.544. The van der Waals surface area contributed by atoms with Crippen molar-refractivity contribution in [3.63, 3.8) is 0 Å². The van der Waals surface area contributed by atoms with Gasteiger partial charge in [-0.25, -0.2) is 14.5 Å². The summed E-state index contributed by atoms with van der Waals surface area (Å²) in [4.78, 5) is 28.5. The summed E-state index contributed by atoms with van der Waals surface area (Å²) >= 11 is 1.47. The molecule has 0 aromatic carbocycles. The lowest BCUT2D eigenvalue weighted by atomic mass is 10.2. The number of nitrogens with one attached hydrogen (secondary N) is 4. The zero-order valence-electron chi connectivity index (χ0n) is 13.1. The number of hydrogen-bond acceptors (Lipinski definition) is 5. The van der Waals surface area contributed by atoms with Gasteiger partial charge in [0.05, 0.1) is 22.2 Å². The Kier molecular flexibility index (Phi) is 4.17. The average molecular weight is 344 g/mol. The number of carbonyl (C=O) groups is 1. The van der Waals surface area contributed by atoms with E-state index in [9.17, 15) is 9.59 Å². The molecule has 9 heteroatoms. The smallest absolute Gasteiger partial charge is 0.320 e. The first-order chi connectivity index (χ1) is 11.5. The lowest BCUT2D eigenvalue weighted by Crippen LogP contribution is -2.34. The van der Waals surface area contributed by atoms with Crippen LogP contribution in [0.4, 0.5) is 10.6 Å². The highest BCUT2D eigenvalue weighted by Crippen LogP contribution is 2.20. The molecule has 0 unspecified atom stereocenters. The van der Waals surface area contributed by atoms with Crippen molar-refractivity contribution < 1.29 is 4.79 Å². The number of anilines is 1. The fraction of sp³-hybridized carbons (Fsp3) is 0.200. The van der Waals surface area contributed by atoms with E-state index in [1.807, 2.05) is 30.7 Å². The molecule has 0 fully saturated rings. The molecule has 24 heavy (non-hydrogen) atoms. The summed E-state index contributed by atoms with van der Waals surface area (Å²) in [6.07, 6.45) is 2.46. The average Bonchev–Trinajstić information content (AvgIpc) is 3.14. The molecular weight excluding hydrogens is 328 g/mol. The third kappa shape index (κ3) is 2.81. The molecule has 3 aromatic heterocycles. The first kappa shape index (κ1) is 15.9. The summed E-state index contributed by atoms with van der Waals surface area (Å²) in [5.74, 6) is 0.217. The van der Waals surface area contributed by atoms with Gasteiger partial charge in [-0.05, 0) is 25.3 Å². The molecule has 0 bridgehead atoms. The van der Waals surface area contributed by atoms with E-state index in [1.54, 1.807) is 0 Å². The molecule has 0 aliphatic rings. The van der Waals surface area contributed by atoms with Crippen molar-refractivity contribution in [2.75, 3.05) is 5.32 Å². The molecule has 0 spiro atoms. The van der Waals surface area contributed by atoms with Gasteiger partial charge in [0, 0.05) is 23.8 Å². The molecule has 4 N–H and O–H groups in total. The summed E-state index contributed by atoms with van der Waals surface area (Å²) in [5.41, 5.74) is 1.26. The Balaban J connectivity index is 2.09. The molecule has 3 heterocycles. The molecule has 0 saturated carbocycles. The minimum absolute atomic E-state index is 0.0309. The van der Waals surface area contributed by atoms with E-state index in [4.69, 9.17) is 5.41 Å². The van der Waals surface area contributed by atoms with Gasteiger partial charge < -0.3 is 10.7 Å². The molecule has 0 aliphatic carbocycles. The van der Waals surface area contributed by atoms with Gasteiger partial charge in [-0.2, -0.15) is 11.3 Å². The van der Waals surface area contributed by atoms with Crippen LogP contribution in [-0.2, 0) is 0 Å². The number of pyridine rings is 1. The first-order valence-electron chi connectivity index (χ1n) is 7.25. The zero-order chi connectivity index (χ0) is 17.3. The van der Waals surface area contributed by atoms with Crippen LogP contribution in [0.1, 0.15) is 19.4 Å². The SMILES string of the molecule is CC(C)NC(=O)Nc1ncc2c(=O)n(-c3ccsc3)[nH]c2c1C=N. The van der Waals surface area contributed by atoms with Crippen molar-refractivity contribution in [1.82, 2.24) is 20.1 Å². The van der Waals surface area contributed by atoms with Crippen LogP contribution in [0.3, 0.4) is 0 Å². The highest BCUT2D eigenvalue weighted by atomic mass is 32.1. The van der Waals surface area contributed by atoms with Crippen LogP contribution in [-0.4, -0.2) is 33.1 Å². The van der Waals surface area contributed by atoms with Crippen molar-refractivity contribution in [3.8, 4) is 5.69 Å². The number of thiophene rings is 1. The van der Waals surface area contributed by atoms with Crippen LogP contribution in [0.2, 0.25) is 0 Å². The Labute approximate surface area is 141 Å². The maximum atomic E-state index is 12.5. The van der Waals surface area contributed by atoms with Crippen LogP contribution in [0, 0.1) is 5.41 Å². The van der Waals surface area contributed by atoms with Crippen molar-refractivity contribution in [2.45, 2.75) is 19.9 Å². The third-order valence-corrected chi connectivity index (χ3v) is 4.00. The number of aromatic nitrogens is 3. The van der Waals surface area contributed by atoms with Gasteiger partial charge in [-0.15, -0.1) is 0 Å². The number of urea groups is 1. The highest BCUT2D eigenvalue weighted by molar-refractivity contribution is 7.08. The minimum atomic E-state index is -0.417. The number of nitrogens with zero attached hydrogens (tertiary/aromatic N) is 2. The second-order valence-corrected chi connectivity index (χ2v) is 6.22. The number of aromatic amines is 1. The Morgan fingerprint density at radius 1 is 1.50 bits per heavy atom. The number of H-pyrrole nitrogens is 1. The zero-order valence-corrected chi connectivity index (χ0v) is 13.9. The topological polar surface area (TPSA) is 116 Å². The summed E-state index contributed by atoms with van der Waals surface area (Å²) in [7, 11) is 0. The monoisotopic (exact) mass is 344 g/mol. The van der Waals surface area contributed by atoms with Gasteiger partial charge in [0.1, 0.15) is 5.82 Å². The van der Waals surface area contributed by atoms with Crippen LogP contribution in [0.25, 0.3) is 16.6 Å². The lowest BCUT2D eigenvalue weighted by molar-refractivity contribution is 0.250. The van der Waals surface area contributed by atoms with Crippen molar-refractivity contribution in [3.05, 3.63) is 38.9 Å². The molecule has 0 atom stereocenters. The van der Waals surface area contributed by atoms with Gasteiger partial charge in [-0.3, -0.25) is 15.2 Å².